The molecule has 7 heteroatoms. The number of halogens is 1. The van der Waals surface area contributed by atoms with Gasteiger partial charge < -0.3 is 15.0 Å². The summed E-state index contributed by atoms with van der Waals surface area (Å²) >= 11 is 6.07. The Balaban J connectivity index is 2.01. The molecule has 1 aromatic heterocycles. The number of benzene rings is 2. The van der Waals surface area contributed by atoms with Gasteiger partial charge in [0.05, 0.1) is 22.0 Å². The summed E-state index contributed by atoms with van der Waals surface area (Å²) in [5.74, 6) is -1.62. The molecule has 0 unspecified atom stereocenters. The van der Waals surface area contributed by atoms with Gasteiger partial charge in [-0.2, -0.15) is 5.26 Å². The van der Waals surface area contributed by atoms with Crippen LogP contribution in [0, 0.1) is 25.2 Å². The van der Waals surface area contributed by atoms with Gasteiger partial charge in [-0.15, -0.1) is 0 Å². The van der Waals surface area contributed by atoms with E-state index in [9.17, 15) is 20.0 Å². The number of nitrogens with zero attached hydrogens (tertiary/aromatic N) is 2. The maximum absolute atomic E-state index is 12.6. The monoisotopic (exact) mass is 419 g/mol. The molecule has 30 heavy (non-hydrogen) atoms. The number of aryl methyl sites for hydroxylation is 1. The number of hydrogen-bond acceptors (Lipinski definition) is 3. The average Bonchev–Trinajstić information content (AvgIpc) is 3.00. The number of carboxylic acids is 1. The Kier molecular flexibility index (Phi) is 6.05. The Labute approximate surface area is 178 Å². The number of anilines is 1. The van der Waals surface area contributed by atoms with Crippen LogP contribution in [0.3, 0.4) is 0 Å². The highest BCUT2D eigenvalue weighted by molar-refractivity contribution is 6.34. The first kappa shape index (κ1) is 20.9. The van der Waals surface area contributed by atoms with Crippen LogP contribution in [0.15, 0.2) is 60.2 Å². The summed E-state index contributed by atoms with van der Waals surface area (Å²) in [5, 5.41) is 22.0. The van der Waals surface area contributed by atoms with E-state index in [1.54, 1.807) is 60.0 Å². The maximum Gasteiger partial charge on any atom is 0.337 e. The summed E-state index contributed by atoms with van der Waals surface area (Å²) in [6, 6.07) is 17.1. The Morgan fingerprint density at radius 3 is 2.47 bits per heavy atom. The van der Waals surface area contributed by atoms with Gasteiger partial charge in [-0.3, -0.25) is 4.79 Å². The minimum Gasteiger partial charge on any atom is -0.478 e. The Hall–Kier alpha value is -3.82. The molecule has 3 aromatic rings. The number of nitriles is 1. The molecule has 0 atom stereocenters. The minimum atomic E-state index is -1.04. The lowest BCUT2D eigenvalue weighted by atomic mass is 10.1. The number of amides is 1. The third-order valence-electron chi connectivity index (χ3n) is 4.63. The third kappa shape index (κ3) is 4.12. The lowest BCUT2D eigenvalue weighted by Gasteiger charge is -2.12. The van der Waals surface area contributed by atoms with E-state index in [1.807, 2.05) is 13.0 Å². The first-order valence-electron chi connectivity index (χ1n) is 9.02. The molecule has 0 bridgehead atoms. The molecule has 1 amide bonds. The number of carbonyl (C=O) groups is 2. The summed E-state index contributed by atoms with van der Waals surface area (Å²) in [6.07, 6.45) is 1.48. The molecule has 0 radical (unpaired) electrons. The predicted molar refractivity (Wildman–Crippen MR) is 116 cm³/mol. The van der Waals surface area contributed by atoms with Crippen molar-refractivity contribution in [2.45, 2.75) is 13.8 Å². The highest BCUT2D eigenvalue weighted by Gasteiger charge is 2.18. The smallest absolute Gasteiger partial charge is 0.337 e. The van der Waals surface area contributed by atoms with Crippen LogP contribution in [-0.2, 0) is 4.79 Å². The van der Waals surface area contributed by atoms with Crippen LogP contribution in [0.5, 0.6) is 0 Å². The first-order chi connectivity index (χ1) is 14.3. The molecule has 1 heterocycles. The molecule has 0 fully saturated rings. The number of rotatable bonds is 5. The van der Waals surface area contributed by atoms with Gasteiger partial charge in [0, 0.05) is 11.4 Å². The fourth-order valence-corrected chi connectivity index (χ4v) is 3.39. The van der Waals surface area contributed by atoms with Gasteiger partial charge in [-0.05, 0) is 55.8 Å². The van der Waals surface area contributed by atoms with Gasteiger partial charge in [0.15, 0.2) is 0 Å². The number of aromatic carboxylic acids is 1. The molecule has 0 spiro atoms. The van der Waals surface area contributed by atoms with E-state index in [0.717, 1.165) is 5.69 Å². The molecule has 0 saturated carbocycles. The normalized spacial score (nSPS) is 11.1. The van der Waals surface area contributed by atoms with Crippen LogP contribution in [-0.4, -0.2) is 21.6 Å². The van der Waals surface area contributed by atoms with Gasteiger partial charge >= 0.3 is 5.97 Å². The molecule has 0 aliphatic rings. The second kappa shape index (κ2) is 8.68. The van der Waals surface area contributed by atoms with E-state index in [2.05, 4.69) is 5.32 Å². The van der Waals surface area contributed by atoms with E-state index >= 15 is 0 Å². The second-order valence-electron chi connectivity index (χ2n) is 6.59. The quantitative estimate of drug-likeness (QED) is 0.449. The van der Waals surface area contributed by atoms with Gasteiger partial charge in [-0.1, -0.05) is 35.9 Å². The molecule has 2 N–H and O–H groups in total. The summed E-state index contributed by atoms with van der Waals surface area (Å²) in [5.41, 5.74) is 3.10. The van der Waals surface area contributed by atoms with E-state index in [0.29, 0.717) is 27.7 Å². The number of para-hydroxylation sites is 2. The van der Waals surface area contributed by atoms with Crippen LogP contribution in [0.4, 0.5) is 5.69 Å². The molecule has 3 rings (SSSR count). The molecule has 6 nitrogen and oxygen atoms in total. The lowest BCUT2D eigenvalue weighted by Crippen LogP contribution is -2.13. The van der Waals surface area contributed by atoms with Gasteiger partial charge in [0.2, 0.25) is 0 Å². The summed E-state index contributed by atoms with van der Waals surface area (Å²) < 4.78 is 1.79. The zero-order chi connectivity index (χ0) is 21.8. The zero-order valence-electron chi connectivity index (χ0n) is 16.3. The number of carboxylic acid groups (broad SMARTS) is 1. The molecular weight excluding hydrogens is 402 g/mol. The number of nitrogens with one attached hydrogen (secondary N) is 1. The fraction of sp³-hybridized carbons (Fsp3) is 0.0870. The molecule has 0 aliphatic heterocycles. The van der Waals surface area contributed by atoms with Crippen LogP contribution < -0.4 is 5.32 Å². The van der Waals surface area contributed by atoms with Gasteiger partial charge in [0.25, 0.3) is 5.91 Å². The van der Waals surface area contributed by atoms with E-state index < -0.39 is 11.9 Å². The third-order valence-corrected chi connectivity index (χ3v) is 4.96. The number of hydrogen-bond donors (Lipinski definition) is 2. The van der Waals surface area contributed by atoms with Crippen molar-refractivity contribution in [1.82, 2.24) is 4.57 Å². The maximum atomic E-state index is 12.6. The highest BCUT2D eigenvalue weighted by atomic mass is 35.5. The molecule has 0 aliphatic carbocycles. The Morgan fingerprint density at radius 1 is 1.13 bits per heavy atom. The van der Waals surface area contributed by atoms with Gasteiger partial charge in [0.1, 0.15) is 11.6 Å². The van der Waals surface area contributed by atoms with Crippen LogP contribution in [0.2, 0.25) is 5.02 Å². The highest BCUT2D eigenvalue weighted by Crippen LogP contribution is 2.26. The van der Waals surface area contributed by atoms with Crippen molar-refractivity contribution >= 4 is 35.2 Å². The number of carbonyl (C=O) groups excluding carboxylic acids is 1. The molecule has 0 saturated heterocycles. The topological polar surface area (TPSA) is 95.1 Å². The van der Waals surface area contributed by atoms with Crippen molar-refractivity contribution in [3.05, 3.63) is 87.7 Å². The fourth-order valence-electron chi connectivity index (χ4n) is 3.21. The summed E-state index contributed by atoms with van der Waals surface area (Å²) in [7, 11) is 0. The minimum absolute atomic E-state index is 0.0957. The van der Waals surface area contributed by atoms with E-state index in [1.165, 1.54) is 12.1 Å². The first-order valence-corrected chi connectivity index (χ1v) is 9.40. The van der Waals surface area contributed by atoms with Crippen molar-refractivity contribution in [3.8, 4) is 11.8 Å². The standard InChI is InChI=1S/C23H18ClN3O3/c1-14-11-16(15(2)27(14)21-10-6-3-7-18(21)23(29)30)12-17(13-25)22(28)26-20-9-5-4-8-19(20)24/h3-12H,1-2H3,(H,26,28)(H,29,30)/b17-12-. The van der Waals surface area contributed by atoms with Crippen molar-refractivity contribution in [1.29, 1.82) is 5.26 Å². The van der Waals surface area contributed by atoms with Crippen molar-refractivity contribution in [3.63, 3.8) is 0 Å². The molecule has 2 aromatic carbocycles. The summed E-state index contributed by atoms with van der Waals surface area (Å²) in [4.78, 5) is 24.2. The predicted octanol–water partition coefficient (Wildman–Crippen LogP) is 4.99. The number of aromatic nitrogens is 1. The van der Waals surface area contributed by atoms with E-state index in [-0.39, 0.29) is 11.1 Å². The van der Waals surface area contributed by atoms with Crippen LogP contribution in [0.1, 0.15) is 27.3 Å². The molecule has 150 valence electrons. The largest absolute Gasteiger partial charge is 0.478 e. The SMILES string of the molecule is Cc1cc(/C=C(/C#N)C(=O)Nc2ccccc2Cl)c(C)n1-c1ccccc1C(=O)O. The average molecular weight is 420 g/mol. The summed E-state index contributed by atoms with van der Waals surface area (Å²) in [6.45, 7) is 3.64. The van der Waals surface area contributed by atoms with Crippen molar-refractivity contribution < 1.29 is 14.7 Å². The Morgan fingerprint density at radius 2 is 1.80 bits per heavy atom. The second-order valence-corrected chi connectivity index (χ2v) is 7.00. The molecular formula is C23H18ClN3O3. The lowest BCUT2D eigenvalue weighted by molar-refractivity contribution is -0.112. The van der Waals surface area contributed by atoms with Crippen molar-refractivity contribution in [2.75, 3.05) is 5.32 Å². The van der Waals surface area contributed by atoms with Crippen molar-refractivity contribution in [2.24, 2.45) is 0 Å². The Bertz CT molecular complexity index is 1220. The van der Waals surface area contributed by atoms with Crippen LogP contribution >= 0.6 is 11.6 Å². The zero-order valence-corrected chi connectivity index (χ0v) is 17.1. The van der Waals surface area contributed by atoms with Gasteiger partial charge in [-0.25, -0.2) is 4.79 Å². The van der Waals surface area contributed by atoms with Crippen LogP contribution in [0.25, 0.3) is 11.8 Å². The van der Waals surface area contributed by atoms with E-state index in [4.69, 9.17) is 11.6 Å².